The Hall–Kier alpha value is -2.06. The summed E-state index contributed by atoms with van der Waals surface area (Å²) < 4.78 is 35.2. The summed E-state index contributed by atoms with van der Waals surface area (Å²) >= 11 is 3.37. The first-order valence-electron chi connectivity index (χ1n) is 6.49. The lowest BCUT2D eigenvalue weighted by molar-refractivity contribution is 0.354. The highest BCUT2D eigenvalue weighted by Gasteiger charge is 2.12. The number of rotatable bonds is 6. The summed E-state index contributed by atoms with van der Waals surface area (Å²) in [5.74, 6) is 1.07. The third-order valence-electron chi connectivity index (χ3n) is 2.93. The Balaban J connectivity index is 2.21. The van der Waals surface area contributed by atoms with E-state index in [1.807, 2.05) is 0 Å². The van der Waals surface area contributed by atoms with Crippen LogP contribution in [-0.2, 0) is 10.0 Å². The first-order chi connectivity index (χ1) is 11.0. The maximum atomic E-state index is 12.0. The lowest BCUT2D eigenvalue weighted by Crippen LogP contribution is -2.18. The number of nitrogens with one attached hydrogen (secondary N) is 1. The minimum atomic E-state index is -3.69. The molecule has 0 unspecified atom stereocenters. The average Bonchev–Trinajstić information content (AvgIpc) is 2.56. The van der Waals surface area contributed by atoms with Crippen LogP contribution in [-0.4, -0.2) is 28.9 Å². The lowest BCUT2D eigenvalue weighted by Gasteiger charge is -2.09. The SMILES string of the molecule is COc1cc(Br)c(/C=N/NS(=O)(=O)c2ccccc2)cc1OC. The van der Waals surface area contributed by atoms with Gasteiger partial charge in [-0.1, -0.05) is 18.2 Å². The summed E-state index contributed by atoms with van der Waals surface area (Å²) in [7, 11) is -0.639. The van der Waals surface area contributed by atoms with Gasteiger partial charge in [0.25, 0.3) is 10.0 Å². The average molecular weight is 399 g/mol. The first-order valence-corrected chi connectivity index (χ1v) is 8.77. The number of benzene rings is 2. The number of hydrogen-bond donors (Lipinski definition) is 1. The van der Waals surface area contributed by atoms with Crippen LogP contribution in [0.4, 0.5) is 0 Å². The Kier molecular flexibility index (Phi) is 5.62. The summed E-state index contributed by atoms with van der Waals surface area (Å²) in [6, 6.07) is 11.4. The third kappa shape index (κ3) is 4.23. The van der Waals surface area contributed by atoms with E-state index in [1.165, 1.54) is 32.6 Å². The van der Waals surface area contributed by atoms with Crippen LogP contribution in [0, 0.1) is 0 Å². The molecule has 0 spiro atoms. The molecule has 6 nitrogen and oxygen atoms in total. The van der Waals surface area contributed by atoms with Crippen molar-refractivity contribution < 1.29 is 17.9 Å². The van der Waals surface area contributed by atoms with Crippen molar-refractivity contribution in [3.05, 3.63) is 52.5 Å². The summed E-state index contributed by atoms with van der Waals surface area (Å²) in [4.78, 5) is 2.31. The molecule has 23 heavy (non-hydrogen) atoms. The molecule has 0 aromatic heterocycles. The molecular weight excluding hydrogens is 384 g/mol. The van der Waals surface area contributed by atoms with Gasteiger partial charge in [-0.3, -0.25) is 0 Å². The number of methoxy groups -OCH3 is 2. The van der Waals surface area contributed by atoms with E-state index in [0.717, 1.165) is 0 Å². The van der Waals surface area contributed by atoms with Crippen LogP contribution in [0.1, 0.15) is 5.56 Å². The molecule has 1 N–H and O–H groups in total. The second kappa shape index (κ2) is 7.47. The Labute approximate surface area is 143 Å². The smallest absolute Gasteiger partial charge is 0.276 e. The molecule has 0 aliphatic heterocycles. The van der Waals surface area contributed by atoms with E-state index < -0.39 is 10.0 Å². The molecule has 0 amide bonds. The van der Waals surface area contributed by atoms with E-state index in [9.17, 15) is 8.42 Å². The number of halogens is 1. The highest BCUT2D eigenvalue weighted by atomic mass is 79.9. The van der Waals surface area contributed by atoms with E-state index in [4.69, 9.17) is 9.47 Å². The topological polar surface area (TPSA) is 77.0 Å². The summed E-state index contributed by atoms with van der Waals surface area (Å²) in [5.41, 5.74) is 0.637. The fourth-order valence-corrected chi connectivity index (χ4v) is 3.02. The Morgan fingerprint density at radius 2 is 1.70 bits per heavy atom. The fourth-order valence-electron chi connectivity index (χ4n) is 1.79. The van der Waals surface area contributed by atoms with Gasteiger partial charge in [0.1, 0.15) is 0 Å². The molecule has 0 atom stereocenters. The molecule has 0 radical (unpaired) electrons. The van der Waals surface area contributed by atoms with Crippen LogP contribution in [0.15, 0.2) is 56.9 Å². The molecular formula is C15H15BrN2O4S. The van der Waals surface area contributed by atoms with E-state index >= 15 is 0 Å². The van der Waals surface area contributed by atoms with Crippen molar-refractivity contribution in [3.63, 3.8) is 0 Å². The van der Waals surface area contributed by atoms with Crippen LogP contribution in [0.25, 0.3) is 0 Å². The number of hydrogen-bond acceptors (Lipinski definition) is 5. The molecule has 2 aromatic carbocycles. The van der Waals surface area contributed by atoms with Crippen LogP contribution in [0.5, 0.6) is 11.5 Å². The number of nitrogens with zero attached hydrogens (tertiary/aromatic N) is 1. The van der Waals surface area contributed by atoms with Crippen molar-refractivity contribution in [3.8, 4) is 11.5 Å². The minimum Gasteiger partial charge on any atom is -0.493 e. The van der Waals surface area contributed by atoms with E-state index in [2.05, 4.69) is 25.9 Å². The quantitative estimate of drug-likeness (QED) is 0.599. The highest BCUT2D eigenvalue weighted by Crippen LogP contribution is 2.32. The largest absolute Gasteiger partial charge is 0.493 e. The summed E-state index contributed by atoms with van der Waals surface area (Å²) in [6.45, 7) is 0. The first kappa shape index (κ1) is 17.3. The van der Waals surface area contributed by atoms with Gasteiger partial charge in [-0.2, -0.15) is 13.5 Å². The van der Waals surface area contributed by atoms with Crippen LogP contribution in [0.2, 0.25) is 0 Å². The molecule has 2 rings (SSSR count). The summed E-state index contributed by atoms with van der Waals surface area (Å²) in [6.07, 6.45) is 1.38. The van der Waals surface area contributed by atoms with Crippen molar-refractivity contribution in [1.82, 2.24) is 4.83 Å². The van der Waals surface area contributed by atoms with E-state index in [1.54, 1.807) is 30.3 Å². The Bertz CT molecular complexity index is 808. The molecule has 122 valence electrons. The molecule has 0 fully saturated rings. The molecule has 2 aromatic rings. The van der Waals surface area contributed by atoms with Crippen molar-refractivity contribution in [2.45, 2.75) is 4.90 Å². The van der Waals surface area contributed by atoms with Gasteiger partial charge in [-0.15, -0.1) is 0 Å². The monoisotopic (exact) mass is 398 g/mol. The van der Waals surface area contributed by atoms with Gasteiger partial charge in [0.05, 0.1) is 25.3 Å². The van der Waals surface area contributed by atoms with Crippen molar-refractivity contribution >= 4 is 32.2 Å². The zero-order chi connectivity index (χ0) is 16.9. The second-order valence-electron chi connectivity index (χ2n) is 4.39. The van der Waals surface area contributed by atoms with Gasteiger partial charge >= 0.3 is 0 Å². The molecule has 0 aliphatic rings. The van der Waals surface area contributed by atoms with Crippen LogP contribution in [0.3, 0.4) is 0 Å². The highest BCUT2D eigenvalue weighted by molar-refractivity contribution is 9.10. The number of hydrazone groups is 1. The normalized spacial score (nSPS) is 11.4. The predicted molar refractivity (Wildman–Crippen MR) is 91.6 cm³/mol. The maximum absolute atomic E-state index is 12.0. The van der Waals surface area contributed by atoms with Crippen molar-refractivity contribution in [2.75, 3.05) is 14.2 Å². The van der Waals surface area contributed by atoms with Gasteiger partial charge < -0.3 is 9.47 Å². The van der Waals surface area contributed by atoms with Crippen molar-refractivity contribution in [1.29, 1.82) is 0 Å². The molecule has 0 bridgehead atoms. The lowest BCUT2D eigenvalue weighted by atomic mass is 10.2. The maximum Gasteiger partial charge on any atom is 0.276 e. The van der Waals surface area contributed by atoms with E-state index in [0.29, 0.717) is 21.5 Å². The van der Waals surface area contributed by atoms with E-state index in [-0.39, 0.29) is 4.90 Å². The second-order valence-corrected chi connectivity index (χ2v) is 6.91. The van der Waals surface area contributed by atoms with Gasteiger partial charge in [0.2, 0.25) is 0 Å². The summed E-state index contributed by atoms with van der Waals surface area (Å²) in [5, 5.41) is 3.79. The molecule has 0 saturated carbocycles. The van der Waals surface area contributed by atoms with Gasteiger partial charge in [0.15, 0.2) is 11.5 Å². The number of ether oxygens (including phenoxy) is 2. The molecule has 0 saturated heterocycles. The molecule has 0 heterocycles. The fraction of sp³-hybridized carbons (Fsp3) is 0.133. The standard InChI is InChI=1S/C15H15BrN2O4S/c1-21-14-8-11(13(16)9-15(14)22-2)10-17-18-23(19,20)12-6-4-3-5-7-12/h3-10,18H,1-2H3/b17-10+. The minimum absolute atomic E-state index is 0.142. The van der Waals surface area contributed by atoms with Crippen LogP contribution < -0.4 is 14.3 Å². The Morgan fingerprint density at radius 1 is 1.09 bits per heavy atom. The van der Waals surface area contributed by atoms with Gasteiger partial charge in [0, 0.05) is 10.0 Å². The molecule has 0 aliphatic carbocycles. The number of sulfonamides is 1. The van der Waals surface area contributed by atoms with Crippen molar-refractivity contribution in [2.24, 2.45) is 5.10 Å². The molecule has 8 heteroatoms. The van der Waals surface area contributed by atoms with Gasteiger partial charge in [-0.25, -0.2) is 4.83 Å². The Morgan fingerprint density at radius 3 is 2.30 bits per heavy atom. The zero-order valence-corrected chi connectivity index (χ0v) is 14.9. The predicted octanol–water partition coefficient (Wildman–Crippen LogP) is 2.78. The third-order valence-corrected chi connectivity index (χ3v) is 4.86. The van der Waals surface area contributed by atoms with Gasteiger partial charge in [-0.05, 0) is 40.2 Å². The zero-order valence-electron chi connectivity index (χ0n) is 12.5. The van der Waals surface area contributed by atoms with Crippen LogP contribution >= 0.6 is 15.9 Å².